The van der Waals surface area contributed by atoms with E-state index in [0.29, 0.717) is 5.65 Å². The molecule has 0 spiro atoms. The molecule has 2 atom stereocenters. The molecule has 1 saturated carbocycles. The highest BCUT2D eigenvalue weighted by molar-refractivity contribution is 5.94. The van der Waals surface area contributed by atoms with Crippen molar-refractivity contribution in [3.63, 3.8) is 0 Å². The van der Waals surface area contributed by atoms with Crippen LogP contribution in [-0.4, -0.2) is 64.9 Å². The predicted octanol–water partition coefficient (Wildman–Crippen LogP) is 1.18. The summed E-state index contributed by atoms with van der Waals surface area (Å²) in [5, 5.41) is 3.67. The first kappa shape index (κ1) is 16.9. The number of carbonyl (C=O) groups is 2. The third-order valence-corrected chi connectivity index (χ3v) is 4.68. The highest BCUT2D eigenvalue weighted by atomic mass is 19.3. The van der Waals surface area contributed by atoms with Crippen LogP contribution in [0.5, 0.6) is 0 Å². The van der Waals surface area contributed by atoms with E-state index >= 15 is 0 Å². The van der Waals surface area contributed by atoms with Gasteiger partial charge in [0.1, 0.15) is 17.3 Å². The average Bonchev–Trinajstić information content (AvgIpc) is 3.10. The predicted molar refractivity (Wildman–Crippen MR) is 87.8 cm³/mol. The fourth-order valence-corrected chi connectivity index (χ4v) is 3.12. The number of hydrogen-bond donors (Lipinski definition) is 2. The summed E-state index contributed by atoms with van der Waals surface area (Å²) in [6, 6.07) is 4.75. The lowest BCUT2D eigenvalue weighted by atomic mass is 10.2. The highest BCUT2D eigenvalue weighted by Crippen LogP contribution is 2.49. The molecule has 3 heterocycles. The normalized spacial score (nSPS) is 24.9. The van der Waals surface area contributed by atoms with Crippen LogP contribution in [0.15, 0.2) is 24.4 Å². The van der Waals surface area contributed by atoms with Gasteiger partial charge in [-0.05, 0) is 18.2 Å². The number of aromatic amines is 1. The van der Waals surface area contributed by atoms with Crippen molar-refractivity contribution >= 4 is 22.8 Å². The number of ether oxygens (including phenoxy) is 1. The number of alkyl halides is 2. The Hall–Kier alpha value is -2.55. The smallest absolute Gasteiger partial charge is 0.270 e. The number of carbonyl (C=O) groups excluding carboxylic acids is 2. The zero-order valence-corrected chi connectivity index (χ0v) is 13.9. The molecule has 0 aromatic carbocycles. The first-order chi connectivity index (χ1) is 12.4. The molecule has 1 aliphatic carbocycles. The number of pyridine rings is 1. The molecule has 2 N–H and O–H groups in total. The van der Waals surface area contributed by atoms with Crippen LogP contribution >= 0.6 is 0 Å². The zero-order chi connectivity index (χ0) is 18.3. The Kier molecular flexibility index (Phi) is 4.10. The maximum absolute atomic E-state index is 13.2. The maximum atomic E-state index is 13.2. The van der Waals surface area contributed by atoms with Crippen LogP contribution in [0.3, 0.4) is 0 Å². The van der Waals surface area contributed by atoms with E-state index in [1.807, 2.05) is 6.07 Å². The van der Waals surface area contributed by atoms with E-state index in [0.717, 1.165) is 5.39 Å². The number of hydrogen-bond acceptors (Lipinski definition) is 4. The second-order valence-electron chi connectivity index (χ2n) is 6.66. The van der Waals surface area contributed by atoms with Gasteiger partial charge in [0.25, 0.3) is 11.8 Å². The largest absolute Gasteiger partial charge is 0.377 e. The monoisotopic (exact) mass is 364 g/mol. The van der Waals surface area contributed by atoms with Crippen molar-refractivity contribution in [2.24, 2.45) is 5.92 Å². The minimum atomic E-state index is -2.90. The Morgan fingerprint density at radius 3 is 2.92 bits per heavy atom. The van der Waals surface area contributed by atoms with Gasteiger partial charge in [-0.25, -0.2) is 13.8 Å². The molecule has 4 rings (SSSR count). The summed E-state index contributed by atoms with van der Waals surface area (Å²) >= 11 is 0. The van der Waals surface area contributed by atoms with Gasteiger partial charge in [0, 0.05) is 31.1 Å². The van der Waals surface area contributed by atoms with Gasteiger partial charge in [-0.2, -0.15) is 0 Å². The number of rotatable bonds is 3. The molecule has 0 radical (unpaired) electrons. The molecule has 2 amide bonds. The van der Waals surface area contributed by atoms with Gasteiger partial charge in [0.05, 0.1) is 19.3 Å². The molecule has 2 aromatic heterocycles. The molecule has 1 saturated heterocycles. The van der Waals surface area contributed by atoms with Crippen molar-refractivity contribution < 1.29 is 23.1 Å². The van der Waals surface area contributed by atoms with Crippen molar-refractivity contribution in [3.8, 4) is 0 Å². The van der Waals surface area contributed by atoms with Gasteiger partial charge in [0.15, 0.2) is 0 Å². The number of H-pyrrole nitrogens is 1. The number of halogens is 2. The van der Waals surface area contributed by atoms with Crippen molar-refractivity contribution in [2.75, 3.05) is 26.3 Å². The van der Waals surface area contributed by atoms with Crippen LogP contribution in [0, 0.1) is 5.92 Å². The minimum Gasteiger partial charge on any atom is -0.377 e. The first-order valence-corrected chi connectivity index (χ1v) is 8.43. The third-order valence-electron chi connectivity index (χ3n) is 4.68. The second-order valence-corrected chi connectivity index (χ2v) is 6.66. The quantitative estimate of drug-likeness (QED) is 0.856. The Morgan fingerprint density at radius 2 is 2.15 bits per heavy atom. The summed E-state index contributed by atoms with van der Waals surface area (Å²) < 4.78 is 31.8. The number of amides is 2. The Morgan fingerprint density at radius 1 is 1.35 bits per heavy atom. The van der Waals surface area contributed by atoms with Gasteiger partial charge in [-0.15, -0.1) is 0 Å². The van der Waals surface area contributed by atoms with E-state index in [9.17, 15) is 18.4 Å². The molecular weight excluding hydrogens is 346 g/mol. The summed E-state index contributed by atoms with van der Waals surface area (Å²) in [4.78, 5) is 33.2. The van der Waals surface area contributed by atoms with Crippen molar-refractivity contribution in [1.29, 1.82) is 0 Å². The van der Waals surface area contributed by atoms with Gasteiger partial charge in [-0.1, -0.05) is 0 Å². The molecule has 2 fully saturated rings. The van der Waals surface area contributed by atoms with Gasteiger partial charge < -0.3 is 19.9 Å². The lowest BCUT2D eigenvalue weighted by Crippen LogP contribution is -2.47. The minimum absolute atomic E-state index is 0.141. The SMILES string of the molecule is O=C(NC1COCCN(C(=O)C2CC2(F)F)C1)c1ccc2cc[nH]c2n1. The summed E-state index contributed by atoms with van der Waals surface area (Å²) in [7, 11) is 0. The number of nitrogens with zero attached hydrogens (tertiary/aromatic N) is 2. The van der Waals surface area contributed by atoms with Crippen molar-refractivity contribution in [3.05, 3.63) is 30.1 Å². The van der Waals surface area contributed by atoms with Crippen LogP contribution in [0.25, 0.3) is 11.0 Å². The first-order valence-electron chi connectivity index (χ1n) is 8.43. The Labute approximate surface area is 147 Å². The van der Waals surface area contributed by atoms with Crippen LogP contribution < -0.4 is 5.32 Å². The van der Waals surface area contributed by atoms with Crippen molar-refractivity contribution in [2.45, 2.75) is 18.4 Å². The van der Waals surface area contributed by atoms with Crippen molar-refractivity contribution in [1.82, 2.24) is 20.2 Å². The molecule has 2 unspecified atom stereocenters. The lowest BCUT2D eigenvalue weighted by Gasteiger charge is -2.24. The zero-order valence-electron chi connectivity index (χ0n) is 13.9. The molecule has 2 aliphatic rings. The topological polar surface area (TPSA) is 87.3 Å². The fourth-order valence-electron chi connectivity index (χ4n) is 3.12. The number of nitrogens with one attached hydrogen (secondary N) is 2. The Balaban J connectivity index is 1.42. The second kappa shape index (κ2) is 6.31. The molecule has 0 bridgehead atoms. The van der Waals surface area contributed by atoms with Crippen LogP contribution in [0.4, 0.5) is 8.78 Å². The van der Waals surface area contributed by atoms with E-state index in [1.165, 1.54) is 4.90 Å². The van der Waals surface area contributed by atoms with E-state index < -0.39 is 36.1 Å². The Bertz CT molecular complexity index is 853. The average molecular weight is 364 g/mol. The third kappa shape index (κ3) is 3.26. The molecule has 138 valence electrons. The maximum Gasteiger partial charge on any atom is 0.270 e. The lowest BCUT2D eigenvalue weighted by molar-refractivity contribution is -0.135. The molecular formula is C17H18F2N4O3. The summed E-state index contributed by atoms with van der Waals surface area (Å²) in [5.74, 6) is -5.13. The molecule has 26 heavy (non-hydrogen) atoms. The highest BCUT2D eigenvalue weighted by Gasteiger charge is 2.62. The van der Waals surface area contributed by atoms with Gasteiger partial charge in [0.2, 0.25) is 5.91 Å². The standard InChI is InChI=1S/C17H18F2N4O3/c18-17(19)7-12(17)16(25)23-5-6-26-9-11(8-23)21-15(24)13-2-1-10-3-4-20-14(10)22-13/h1-4,11-12H,5-9H2,(H,20,22)(H,21,24). The molecule has 7 nitrogen and oxygen atoms in total. The fraction of sp³-hybridized carbons (Fsp3) is 0.471. The van der Waals surface area contributed by atoms with E-state index in [1.54, 1.807) is 18.3 Å². The van der Waals surface area contributed by atoms with Gasteiger partial charge >= 0.3 is 0 Å². The van der Waals surface area contributed by atoms with Gasteiger partial charge in [-0.3, -0.25) is 9.59 Å². The summed E-state index contributed by atoms with van der Waals surface area (Å²) in [5.41, 5.74) is 0.832. The molecule has 9 heteroatoms. The van der Waals surface area contributed by atoms with Crippen LogP contribution in [0.1, 0.15) is 16.9 Å². The summed E-state index contributed by atoms with van der Waals surface area (Å²) in [6.07, 6.45) is 1.33. The molecule has 2 aromatic rings. The van der Waals surface area contributed by atoms with E-state index in [-0.39, 0.29) is 32.0 Å². The molecule has 1 aliphatic heterocycles. The van der Waals surface area contributed by atoms with E-state index in [4.69, 9.17) is 4.74 Å². The number of aromatic nitrogens is 2. The van der Waals surface area contributed by atoms with E-state index in [2.05, 4.69) is 15.3 Å². The summed E-state index contributed by atoms with van der Waals surface area (Å²) in [6.45, 7) is 0.844. The van der Waals surface area contributed by atoms with Crippen LogP contribution in [0.2, 0.25) is 0 Å². The number of fused-ring (bicyclic) bond motifs is 1. The van der Waals surface area contributed by atoms with Crippen LogP contribution in [-0.2, 0) is 9.53 Å².